The van der Waals surface area contributed by atoms with E-state index in [-0.39, 0.29) is 0 Å². The van der Waals surface area contributed by atoms with Gasteiger partial charge in [0.15, 0.2) is 0 Å². The van der Waals surface area contributed by atoms with E-state index in [0.717, 1.165) is 22.3 Å². The minimum atomic E-state index is -1.16. The van der Waals surface area contributed by atoms with Crippen molar-refractivity contribution in [2.24, 2.45) is 0 Å². The van der Waals surface area contributed by atoms with Gasteiger partial charge in [-0.3, -0.25) is 0 Å². The first-order valence-electron chi connectivity index (χ1n) is 9.31. The first kappa shape index (κ1) is 19.7. The standard InChI is InChI=1S/C24H20Cl2N2O/c25-22-11-8-20(23(26)14-22)15-24(29,16-28-13-12-27-17-28)21-9-6-19(7-10-21)18-4-2-1-3-5-18/h1-14,17,29H,15-16H2. The average molecular weight is 423 g/mol. The molecule has 0 aliphatic carbocycles. The molecule has 1 aromatic heterocycles. The SMILES string of the molecule is OC(Cc1ccc(Cl)cc1Cl)(Cn1ccnc1)c1ccc(-c2ccccc2)cc1. The minimum absolute atomic E-state index is 0.353. The molecule has 0 aliphatic heterocycles. The third-order valence-corrected chi connectivity index (χ3v) is 5.62. The van der Waals surface area contributed by atoms with Crippen LogP contribution in [-0.2, 0) is 18.6 Å². The fourth-order valence-electron chi connectivity index (χ4n) is 3.52. The van der Waals surface area contributed by atoms with Gasteiger partial charge in [0.25, 0.3) is 0 Å². The molecule has 4 aromatic rings. The van der Waals surface area contributed by atoms with Crippen molar-refractivity contribution < 1.29 is 5.11 Å². The second kappa shape index (κ2) is 8.42. The Labute approximate surface area is 180 Å². The summed E-state index contributed by atoms with van der Waals surface area (Å²) in [5, 5.41) is 12.8. The summed E-state index contributed by atoms with van der Waals surface area (Å²) in [7, 11) is 0. The van der Waals surface area contributed by atoms with Crippen molar-refractivity contribution in [1.82, 2.24) is 9.55 Å². The summed E-state index contributed by atoms with van der Waals surface area (Å²) in [5.41, 5.74) is 2.73. The number of imidazole rings is 1. The molecule has 29 heavy (non-hydrogen) atoms. The predicted octanol–water partition coefficient (Wildman–Crippen LogP) is 5.99. The van der Waals surface area contributed by atoms with Crippen LogP contribution in [0.25, 0.3) is 11.1 Å². The van der Waals surface area contributed by atoms with Gasteiger partial charge in [0.2, 0.25) is 0 Å². The van der Waals surface area contributed by atoms with Crippen LogP contribution in [0.15, 0.2) is 91.5 Å². The lowest BCUT2D eigenvalue weighted by Gasteiger charge is -2.30. The van der Waals surface area contributed by atoms with Crippen molar-refractivity contribution >= 4 is 23.2 Å². The first-order chi connectivity index (χ1) is 14.0. The van der Waals surface area contributed by atoms with E-state index in [1.165, 1.54) is 0 Å². The van der Waals surface area contributed by atoms with Gasteiger partial charge in [-0.1, -0.05) is 83.9 Å². The fraction of sp³-hybridized carbons (Fsp3) is 0.125. The summed E-state index contributed by atoms with van der Waals surface area (Å²) in [4.78, 5) is 4.10. The molecule has 0 radical (unpaired) electrons. The average Bonchev–Trinajstić information content (AvgIpc) is 3.24. The molecule has 5 heteroatoms. The second-order valence-electron chi connectivity index (χ2n) is 7.12. The maximum absolute atomic E-state index is 11.7. The van der Waals surface area contributed by atoms with E-state index >= 15 is 0 Å². The van der Waals surface area contributed by atoms with Crippen LogP contribution in [0.5, 0.6) is 0 Å². The number of nitrogens with zero attached hydrogens (tertiary/aromatic N) is 2. The van der Waals surface area contributed by atoms with E-state index in [1.807, 2.05) is 59.3 Å². The Morgan fingerprint density at radius 2 is 1.62 bits per heavy atom. The topological polar surface area (TPSA) is 38.0 Å². The molecule has 0 aliphatic rings. The summed E-state index contributed by atoms with van der Waals surface area (Å²) in [6.07, 6.45) is 5.60. The normalized spacial score (nSPS) is 13.2. The van der Waals surface area contributed by atoms with Crippen molar-refractivity contribution in [2.75, 3.05) is 0 Å². The number of benzene rings is 3. The van der Waals surface area contributed by atoms with Crippen LogP contribution in [0.2, 0.25) is 10.0 Å². The zero-order valence-corrected chi connectivity index (χ0v) is 17.2. The largest absolute Gasteiger partial charge is 0.383 e. The number of rotatable bonds is 6. The molecule has 1 unspecified atom stereocenters. The Kier molecular flexibility index (Phi) is 5.72. The van der Waals surface area contributed by atoms with E-state index in [4.69, 9.17) is 23.2 Å². The summed E-state index contributed by atoms with van der Waals surface area (Å²) >= 11 is 12.4. The highest BCUT2D eigenvalue weighted by atomic mass is 35.5. The Balaban J connectivity index is 1.69. The van der Waals surface area contributed by atoms with Gasteiger partial charge in [-0.05, 0) is 34.4 Å². The van der Waals surface area contributed by atoms with Crippen LogP contribution < -0.4 is 0 Å². The lowest BCUT2D eigenvalue weighted by Crippen LogP contribution is -2.33. The van der Waals surface area contributed by atoms with Gasteiger partial charge < -0.3 is 9.67 Å². The first-order valence-corrected chi connectivity index (χ1v) is 10.1. The van der Waals surface area contributed by atoms with Crippen LogP contribution in [0.3, 0.4) is 0 Å². The highest BCUT2D eigenvalue weighted by Crippen LogP contribution is 2.33. The highest BCUT2D eigenvalue weighted by molar-refractivity contribution is 6.35. The molecule has 1 N–H and O–H groups in total. The molecular formula is C24H20Cl2N2O. The second-order valence-corrected chi connectivity index (χ2v) is 7.97. The van der Waals surface area contributed by atoms with E-state index < -0.39 is 5.60 Å². The third-order valence-electron chi connectivity index (χ3n) is 5.03. The summed E-state index contributed by atoms with van der Waals surface area (Å²) in [6.45, 7) is 0.358. The number of aromatic nitrogens is 2. The Bertz CT molecular complexity index is 1080. The van der Waals surface area contributed by atoms with Gasteiger partial charge in [-0.15, -0.1) is 0 Å². The van der Waals surface area contributed by atoms with Crippen LogP contribution in [0.1, 0.15) is 11.1 Å². The molecule has 0 fully saturated rings. The van der Waals surface area contributed by atoms with Gasteiger partial charge in [0.05, 0.1) is 12.9 Å². The lowest BCUT2D eigenvalue weighted by molar-refractivity contribution is 0.0186. The molecule has 0 saturated carbocycles. The van der Waals surface area contributed by atoms with E-state index in [2.05, 4.69) is 17.1 Å². The number of halogens is 2. The van der Waals surface area contributed by atoms with Crippen LogP contribution in [0.4, 0.5) is 0 Å². The molecule has 3 nitrogen and oxygen atoms in total. The lowest BCUT2D eigenvalue weighted by atomic mass is 9.86. The van der Waals surface area contributed by atoms with Crippen LogP contribution in [0, 0.1) is 0 Å². The van der Waals surface area contributed by atoms with E-state index in [1.54, 1.807) is 24.7 Å². The van der Waals surface area contributed by atoms with Crippen molar-refractivity contribution in [1.29, 1.82) is 0 Å². The summed E-state index contributed by atoms with van der Waals surface area (Å²) < 4.78 is 1.87. The van der Waals surface area contributed by atoms with Gasteiger partial charge in [0, 0.05) is 28.9 Å². The molecule has 3 aromatic carbocycles. The number of aliphatic hydroxyl groups is 1. The fourth-order valence-corrected chi connectivity index (χ4v) is 3.99. The maximum atomic E-state index is 11.7. The molecular weight excluding hydrogens is 403 g/mol. The smallest absolute Gasteiger partial charge is 0.112 e. The minimum Gasteiger partial charge on any atom is -0.383 e. The number of hydrogen-bond donors (Lipinski definition) is 1. The molecule has 1 heterocycles. The molecule has 0 saturated heterocycles. The molecule has 146 valence electrons. The van der Waals surface area contributed by atoms with Crippen LogP contribution >= 0.6 is 23.2 Å². The zero-order valence-electron chi connectivity index (χ0n) is 15.7. The van der Waals surface area contributed by atoms with Crippen molar-refractivity contribution in [3.63, 3.8) is 0 Å². The summed E-state index contributed by atoms with van der Waals surface area (Å²) in [6, 6.07) is 23.5. The summed E-state index contributed by atoms with van der Waals surface area (Å²) in [5.74, 6) is 0. The monoisotopic (exact) mass is 422 g/mol. The van der Waals surface area contributed by atoms with Gasteiger partial charge in [0.1, 0.15) is 5.60 Å². The molecule has 0 bridgehead atoms. The Hall–Kier alpha value is -2.59. The third kappa shape index (κ3) is 4.54. The number of hydrogen-bond acceptors (Lipinski definition) is 2. The van der Waals surface area contributed by atoms with E-state index in [9.17, 15) is 5.11 Å². The van der Waals surface area contributed by atoms with Gasteiger partial charge in [-0.2, -0.15) is 0 Å². The van der Waals surface area contributed by atoms with Gasteiger partial charge in [-0.25, -0.2) is 4.98 Å². The van der Waals surface area contributed by atoms with E-state index in [0.29, 0.717) is 23.0 Å². The molecule has 0 spiro atoms. The maximum Gasteiger partial charge on any atom is 0.112 e. The predicted molar refractivity (Wildman–Crippen MR) is 118 cm³/mol. The quantitative estimate of drug-likeness (QED) is 0.414. The molecule has 4 rings (SSSR count). The van der Waals surface area contributed by atoms with Crippen LogP contribution in [-0.4, -0.2) is 14.7 Å². The Morgan fingerprint density at radius 1 is 0.897 bits per heavy atom. The molecule has 1 atom stereocenters. The van der Waals surface area contributed by atoms with Crippen molar-refractivity contribution in [2.45, 2.75) is 18.6 Å². The van der Waals surface area contributed by atoms with Crippen molar-refractivity contribution in [3.8, 4) is 11.1 Å². The molecule has 0 amide bonds. The zero-order chi connectivity index (χ0) is 20.3. The van der Waals surface area contributed by atoms with Crippen molar-refractivity contribution in [3.05, 3.63) is 113 Å². The Morgan fingerprint density at radius 3 is 2.28 bits per heavy atom. The van der Waals surface area contributed by atoms with Gasteiger partial charge >= 0.3 is 0 Å². The highest BCUT2D eigenvalue weighted by Gasteiger charge is 2.31.